The molecule has 1 aromatic carbocycles. The number of para-hydroxylation sites is 1. The summed E-state index contributed by atoms with van der Waals surface area (Å²) in [5, 5.41) is 14.3. The summed E-state index contributed by atoms with van der Waals surface area (Å²) in [5.41, 5.74) is 2.09. The third kappa shape index (κ3) is 7.78. The van der Waals surface area contributed by atoms with Crippen LogP contribution in [0.3, 0.4) is 0 Å². The number of hydrogen-bond acceptors (Lipinski definition) is 4. The molecule has 1 unspecified atom stereocenters. The van der Waals surface area contributed by atoms with Gasteiger partial charge in [0.05, 0.1) is 12.2 Å². The number of rotatable bonds is 8. The van der Waals surface area contributed by atoms with Gasteiger partial charge < -0.3 is 20.5 Å². The van der Waals surface area contributed by atoms with Crippen molar-refractivity contribution in [2.45, 2.75) is 46.2 Å². The molecule has 1 heterocycles. The van der Waals surface area contributed by atoms with Crippen LogP contribution in [-0.2, 0) is 6.54 Å². The average Bonchev–Trinajstić information content (AvgIpc) is 3.11. The quantitative estimate of drug-likeness (QED) is 0.297. The van der Waals surface area contributed by atoms with Gasteiger partial charge in [-0.1, -0.05) is 51.1 Å². The second kappa shape index (κ2) is 11.8. The van der Waals surface area contributed by atoms with Gasteiger partial charge in [-0.2, -0.15) is 0 Å². The Kier molecular flexibility index (Phi) is 10.2. The first-order valence-corrected chi connectivity index (χ1v) is 9.21. The summed E-state index contributed by atoms with van der Waals surface area (Å²) >= 11 is 0. The fourth-order valence-corrected chi connectivity index (χ4v) is 2.48. The van der Waals surface area contributed by atoms with Gasteiger partial charge in [0.15, 0.2) is 11.7 Å². The molecular weight excluding hydrogens is 453 g/mol. The van der Waals surface area contributed by atoms with Crippen LogP contribution in [0.1, 0.15) is 45.1 Å². The molecule has 27 heavy (non-hydrogen) atoms. The first-order valence-electron chi connectivity index (χ1n) is 9.21. The summed E-state index contributed by atoms with van der Waals surface area (Å²) in [5.74, 6) is 2.39. The fourth-order valence-electron chi connectivity index (χ4n) is 2.48. The molecule has 0 fully saturated rings. The Hall–Kier alpha value is -1.77. The van der Waals surface area contributed by atoms with Crippen molar-refractivity contribution in [1.29, 1.82) is 0 Å². The van der Waals surface area contributed by atoms with Crippen LogP contribution >= 0.6 is 24.0 Å². The van der Waals surface area contributed by atoms with Gasteiger partial charge in [0.1, 0.15) is 0 Å². The lowest BCUT2D eigenvalue weighted by molar-refractivity contribution is 0.371. The largest absolute Gasteiger partial charge is 0.380 e. The summed E-state index contributed by atoms with van der Waals surface area (Å²) in [4.78, 5) is 4.29. The summed E-state index contributed by atoms with van der Waals surface area (Å²) < 4.78 is 5.36. The molecule has 0 aliphatic heterocycles. The summed E-state index contributed by atoms with van der Waals surface area (Å²) in [6, 6.07) is 12.5. The van der Waals surface area contributed by atoms with Crippen molar-refractivity contribution in [1.82, 2.24) is 15.8 Å². The van der Waals surface area contributed by atoms with Gasteiger partial charge in [0.2, 0.25) is 0 Å². The molecule has 1 aromatic heterocycles. The van der Waals surface area contributed by atoms with Gasteiger partial charge in [-0.05, 0) is 24.0 Å². The van der Waals surface area contributed by atoms with Crippen molar-refractivity contribution in [3.63, 3.8) is 0 Å². The molecule has 0 spiro atoms. The van der Waals surface area contributed by atoms with Crippen molar-refractivity contribution in [3.05, 3.63) is 47.9 Å². The number of benzene rings is 1. The molecule has 3 N–H and O–H groups in total. The number of guanidine groups is 1. The monoisotopic (exact) mass is 485 g/mol. The number of halogens is 1. The standard InChI is InChI=1S/C20H31N5O.HI/c1-14(2)18-11-17(26-25-18)12-22-20(21-5)23-13-19(15(3)4)24-16-9-7-6-8-10-16;/h6-11,14-15,19,24H,12-13H2,1-5H3,(H2,21,22,23);1H. The molecular formula is C20H32IN5O. The van der Waals surface area contributed by atoms with Crippen LogP contribution in [0.5, 0.6) is 0 Å². The van der Waals surface area contributed by atoms with Crippen molar-refractivity contribution < 1.29 is 4.52 Å². The Morgan fingerprint density at radius 3 is 2.37 bits per heavy atom. The minimum Gasteiger partial charge on any atom is -0.380 e. The van der Waals surface area contributed by atoms with Crippen LogP contribution in [0.2, 0.25) is 0 Å². The van der Waals surface area contributed by atoms with Gasteiger partial charge in [0.25, 0.3) is 0 Å². The SMILES string of the molecule is CN=C(NCc1cc(C(C)C)no1)NCC(Nc1ccccc1)C(C)C.I. The molecule has 1 atom stereocenters. The smallest absolute Gasteiger partial charge is 0.191 e. The number of aliphatic imine (C=N–C) groups is 1. The van der Waals surface area contributed by atoms with Crippen LogP contribution in [0.25, 0.3) is 0 Å². The van der Waals surface area contributed by atoms with Crippen molar-refractivity contribution in [2.24, 2.45) is 10.9 Å². The number of nitrogens with zero attached hydrogens (tertiary/aromatic N) is 2. The second-order valence-electron chi connectivity index (χ2n) is 7.04. The zero-order chi connectivity index (χ0) is 18.9. The summed E-state index contributed by atoms with van der Waals surface area (Å²) in [6.07, 6.45) is 0. The first-order chi connectivity index (χ1) is 12.5. The van der Waals surface area contributed by atoms with Crippen molar-refractivity contribution in [3.8, 4) is 0 Å². The molecule has 0 bridgehead atoms. The van der Waals surface area contributed by atoms with Crippen LogP contribution in [0.15, 0.2) is 45.9 Å². The maximum absolute atomic E-state index is 5.36. The summed E-state index contributed by atoms with van der Waals surface area (Å²) in [7, 11) is 1.77. The molecule has 2 aromatic rings. The molecule has 7 heteroatoms. The van der Waals surface area contributed by atoms with E-state index in [4.69, 9.17) is 4.52 Å². The zero-order valence-electron chi connectivity index (χ0n) is 16.8. The lowest BCUT2D eigenvalue weighted by Gasteiger charge is -2.25. The van der Waals surface area contributed by atoms with E-state index in [1.807, 2.05) is 24.3 Å². The van der Waals surface area contributed by atoms with Gasteiger partial charge >= 0.3 is 0 Å². The molecule has 0 saturated heterocycles. The number of anilines is 1. The molecule has 0 radical (unpaired) electrons. The van der Waals surface area contributed by atoms with Gasteiger partial charge in [-0.25, -0.2) is 0 Å². The fraction of sp³-hybridized carbons (Fsp3) is 0.500. The predicted octanol–water partition coefficient (Wildman–Crippen LogP) is 4.22. The van der Waals surface area contributed by atoms with E-state index in [1.165, 1.54) is 0 Å². The molecule has 150 valence electrons. The second-order valence-corrected chi connectivity index (χ2v) is 7.04. The molecule has 6 nitrogen and oxygen atoms in total. The first kappa shape index (κ1) is 23.3. The van der Waals surface area contributed by atoms with E-state index in [2.05, 4.69) is 65.9 Å². The van der Waals surface area contributed by atoms with E-state index in [0.29, 0.717) is 18.4 Å². The highest BCUT2D eigenvalue weighted by Gasteiger charge is 2.14. The highest BCUT2D eigenvalue weighted by molar-refractivity contribution is 14.0. The number of hydrogen-bond donors (Lipinski definition) is 3. The topological polar surface area (TPSA) is 74.5 Å². The average molecular weight is 485 g/mol. The number of nitrogens with one attached hydrogen (secondary N) is 3. The summed E-state index contributed by atoms with van der Waals surface area (Å²) in [6.45, 7) is 9.93. The van der Waals surface area contributed by atoms with Crippen LogP contribution in [0.4, 0.5) is 5.69 Å². The Morgan fingerprint density at radius 2 is 1.81 bits per heavy atom. The van der Waals surface area contributed by atoms with Crippen LogP contribution < -0.4 is 16.0 Å². The van der Waals surface area contributed by atoms with Crippen LogP contribution in [-0.4, -0.2) is 30.8 Å². The molecule has 0 amide bonds. The minimum absolute atomic E-state index is 0. The Bertz CT molecular complexity index is 685. The van der Waals surface area contributed by atoms with E-state index in [0.717, 1.165) is 29.6 Å². The Morgan fingerprint density at radius 1 is 1.11 bits per heavy atom. The predicted molar refractivity (Wildman–Crippen MR) is 123 cm³/mol. The maximum atomic E-state index is 5.36. The van der Waals surface area contributed by atoms with E-state index in [1.54, 1.807) is 7.05 Å². The Balaban J connectivity index is 0.00000364. The van der Waals surface area contributed by atoms with Crippen molar-refractivity contribution >= 4 is 35.6 Å². The van der Waals surface area contributed by atoms with Crippen LogP contribution in [0, 0.1) is 5.92 Å². The van der Waals surface area contributed by atoms with E-state index in [-0.39, 0.29) is 30.0 Å². The molecule has 2 rings (SSSR count). The molecule has 0 saturated carbocycles. The van der Waals surface area contributed by atoms with E-state index < -0.39 is 0 Å². The van der Waals surface area contributed by atoms with Gasteiger partial charge in [0, 0.05) is 31.4 Å². The lowest BCUT2D eigenvalue weighted by Crippen LogP contribution is -2.44. The third-order valence-electron chi connectivity index (χ3n) is 4.24. The third-order valence-corrected chi connectivity index (χ3v) is 4.24. The lowest BCUT2D eigenvalue weighted by atomic mass is 10.0. The zero-order valence-corrected chi connectivity index (χ0v) is 19.2. The minimum atomic E-state index is 0. The molecule has 0 aliphatic rings. The number of aromatic nitrogens is 1. The maximum Gasteiger partial charge on any atom is 0.191 e. The van der Waals surface area contributed by atoms with E-state index in [9.17, 15) is 0 Å². The van der Waals surface area contributed by atoms with Gasteiger partial charge in [-0.3, -0.25) is 4.99 Å². The highest BCUT2D eigenvalue weighted by Crippen LogP contribution is 2.14. The van der Waals surface area contributed by atoms with E-state index >= 15 is 0 Å². The van der Waals surface area contributed by atoms with Crippen molar-refractivity contribution in [2.75, 3.05) is 18.9 Å². The van der Waals surface area contributed by atoms with Gasteiger partial charge in [-0.15, -0.1) is 24.0 Å². The highest BCUT2D eigenvalue weighted by atomic mass is 127. The molecule has 0 aliphatic carbocycles. The normalized spacial score (nSPS) is 12.6. The Labute approximate surface area is 179 Å².